The Balaban J connectivity index is 1.81. The second-order valence-electron chi connectivity index (χ2n) is 7.35. The zero-order chi connectivity index (χ0) is 17.7. The number of esters is 1. The molecule has 24 heavy (non-hydrogen) atoms. The number of amides is 1. The highest BCUT2D eigenvalue weighted by Gasteiger charge is 2.35. The van der Waals surface area contributed by atoms with E-state index in [1.807, 2.05) is 51.1 Å². The van der Waals surface area contributed by atoms with Crippen molar-refractivity contribution in [3.63, 3.8) is 0 Å². The number of hydrogen-bond acceptors (Lipinski definition) is 4. The van der Waals surface area contributed by atoms with Crippen molar-refractivity contribution in [1.29, 1.82) is 0 Å². The summed E-state index contributed by atoms with van der Waals surface area (Å²) in [5.41, 5.74) is 0.462. The summed E-state index contributed by atoms with van der Waals surface area (Å²) < 4.78 is 10.8. The molecule has 0 aromatic heterocycles. The summed E-state index contributed by atoms with van der Waals surface area (Å²) in [6.45, 7) is 5.83. The van der Waals surface area contributed by atoms with E-state index in [2.05, 4.69) is 0 Å². The Hall–Kier alpha value is -2.04. The molecule has 0 bridgehead atoms. The lowest BCUT2D eigenvalue weighted by molar-refractivity contribution is -0.149. The summed E-state index contributed by atoms with van der Waals surface area (Å²) in [7, 11) is 1.73. The molecule has 0 N–H and O–H groups in total. The molecule has 1 aliphatic carbocycles. The van der Waals surface area contributed by atoms with Crippen LogP contribution in [0.15, 0.2) is 30.3 Å². The fraction of sp³-hybridized carbons (Fsp3) is 0.579. The van der Waals surface area contributed by atoms with Crippen molar-refractivity contribution >= 4 is 12.1 Å². The van der Waals surface area contributed by atoms with Crippen LogP contribution in [-0.2, 0) is 20.9 Å². The molecular formula is C19H27NO4. The maximum absolute atomic E-state index is 12.2. The minimum Gasteiger partial charge on any atom is -0.461 e. The van der Waals surface area contributed by atoms with Gasteiger partial charge >= 0.3 is 12.1 Å². The van der Waals surface area contributed by atoms with E-state index >= 15 is 0 Å². The fourth-order valence-electron chi connectivity index (χ4n) is 2.85. The molecular weight excluding hydrogens is 306 g/mol. The highest BCUT2D eigenvalue weighted by molar-refractivity contribution is 5.73. The van der Waals surface area contributed by atoms with Gasteiger partial charge in [0.15, 0.2) is 0 Å². The number of benzene rings is 1. The maximum Gasteiger partial charge on any atom is 0.410 e. The van der Waals surface area contributed by atoms with Gasteiger partial charge in [-0.25, -0.2) is 4.79 Å². The van der Waals surface area contributed by atoms with Gasteiger partial charge in [-0.1, -0.05) is 30.3 Å². The molecule has 0 aliphatic heterocycles. The predicted molar refractivity (Wildman–Crippen MR) is 91.4 cm³/mol. The van der Waals surface area contributed by atoms with E-state index in [9.17, 15) is 9.59 Å². The number of carbonyl (C=O) groups excluding carboxylic acids is 2. The quantitative estimate of drug-likeness (QED) is 0.787. The topological polar surface area (TPSA) is 55.8 Å². The van der Waals surface area contributed by atoms with Gasteiger partial charge in [-0.3, -0.25) is 4.79 Å². The van der Waals surface area contributed by atoms with Gasteiger partial charge < -0.3 is 14.4 Å². The predicted octanol–water partition coefficient (Wildman–Crippen LogP) is 3.77. The molecule has 1 amide bonds. The van der Waals surface area contributed by atoms with Crippen molar-refractivity contribution in [1.82, 2.24) is 4.90 Å². The molecule has 2 atom stereocenters. The van der Waals surface area contributed by atoms with Gasteiger partial charge in [-0.05, 0) is 45.6 Å². The fourth-order valence-corrected chi connectivity index (χ4v) is 2.85. The standard InChI is InChI=1S/C19H27NO4/c1-19(2,3)24-18(22)20(4)16-11-10-15(12-16)17(21)23-13-14-8-6-5-7-9-14/h5-9,15-16H,10-13H2,1-4H3. The first-order valence-corrected chi connectivity index (χ1v) is 8.42. The second kappa shape index (κ2) is 7.69. The van der Waals surface area contributed by atoms with Crippen LogP contribution in [-0.4, -0.2) is 35.7 Å². The van der Waals surface area contributed by atoms with E-state index < -0.39 is 5.60 Å². The average Bonchev–Trinajstić information content (AvgIpc) is 3.01. The third-order valence-corrected chi connectivity index (χ3v) is 4.19. The number of nitrogens with zero attached hydrogens (tertiary/aromatic N) is 1. The van der Waals surface area contributed by atoms with Crippen molar-refractivity contribution < 1.29 is 19.1 Å². The lowest BCUT2D eigenvalue weighted by Gasteiger charge is -2.28. The summed E-state index contributed by atoms with van der Waals surface area (Å²) in [6, 6.07) is 9.66. The molecule has 2 rings (SSSR count). The first kappa shape index (κ1) is 18.3. The van der Waals surface area contributed by atoms with Crippen LogP contribution in [0.25, 0.3) is 0 Å². The van der Waals surface area contributed by atoms with E-state index in [4.69, 9.17) is 9.47 Å². The molecule has 0 saturated heterocycles. The van der Waals surface area contributed by atoms with Gasteiger partial charge in [0.2, 0.25) is 0 Å². The highest BCUT2D eigenvalue weighted by Crippen LogP contribution is 2.30. The van der Waals surface area contributed by atoms with Crippen LogP contribution in [0.5, 0.6) is 0 Å². The molecule has 1 aliphatic rings. The van der Waals surface area contributed by atoms with Crippen LogP contribution in [0, 0.1) is 5.92 Å². The molecule has 0 radical (unpaired) electrons. The Labute approximate surface area is 143 Å². The number of hydrogen-bond donors (Lipinski definition) is 0. The number of ether oxygens (including phenoxy) is 2. The average molecular weight is 333 g/mol. The monoisotopic (exact) mass is 333 g/mol. The van der Waals surface area contributed by atoms with Crippen LogP contribution in [0.4, 0.5) is 4.79 Å². The lowest BCUT2D eigenvalue weighted by Crippen LogP contribution is -2.39. The largest absolute Gasteiger partial charge is 0.461 e. The molecule has 2 unspecified atom stereocenters. The zero-order valence-corrected chi connectivity index (χ0v) is 15.0. The minimum absolute atomic E-state index is 0.0223. The van der Waals surface area contributed by atoms with Crippen molar-refractivity contribution in [2.24, 2.45) is 5.92 Å². The molecule has 1 saturated carbocycles. The van der Waals surface area contributed by atoms with Crippen molar-refractivity contribution in [2.75, 3.05) is 7.05 Å². The van der Waals surface area contributed by atoms with Crippen LogP contribution < -0.4 is 0 Å². The molecule has 1 aromatic carbocycles. The van der Waals surface area contributed by atoms with Crippen LogP contribution in [0.1, 0.15) is 45.6 Å². The Morgan fingerprint density at radius 2 is 1.83 bits per heavy atom. The van der Waals surface area contributed by atoms with Crippen LogP contribution in [0.2, 0.25) is 0 Å². The molecule has 5 nitrogen and oxygen atoms in total. The highest BCUT2D eigenvalue weighted by atomic mass is 16.6. The minimum atomic E-state index is -0.516. The normalized spacial score (nSPS) is 20.5. The van der Waals surface area contributed by atoms with Crippen molar-refractivity contribution in [3.8, 4) is 0 Å². The first-order valence-electron chi connectivity index (χ1n) is 8.42. The summed E-state index contributed by atoms with van der Waals surface area (Å²) in [6.07, 6.45) is 1.82. The third-order valence-electron chi connectivity index (χ3n) is 4.19. The summed E-state index contributed by atoms with van der Waals surface area (Å²) >= 11 is 0. The Morgan fingerprint density at radius 1 is 1.17 bits per heavy atom. The molecule has 1 aromatic rings. The van der Waals surface area contributed by atoms with E-state index in [-0.39, 0.29) is 24.0 Å². The van der Waals surface area contributed by atoms with Crippen molar-refractivity contribution in [3.05, 3.63) is 35.9 Å². The molecule has 132 valence electrons. The van der Waals surface area contributed by atoms with Gasteiger partial charge in [0.1, 0.15) is 12.2 Å². The van der Waals surface area contributed by atoms with Gasteiger partial charge in [0.25, 0.3) is 0 Å². The van der Waals surface area contributed by atoms with Crippen LogP contribution in [0.3, 0.4) is 0 Å². The van der Waals surface area contributed by atoms with E-state index in [1.165, 1.54) is 0 Å². The van der Waals surface area contributed by atoms with Gasteiger partial charge in [0.05, 0.1) is 5.92 Å². The molecule has 1 fully saturated rings. The van der Waals surface area contributed by atoms with E-state index in [1.54, 1.807) is 11.9 Å². The summed E-state index contributed by atoms with van der Waals surface area (Å²) in [5, 5.41) is 0. The van der Waals surface area contributed by atoms with Gasteiger partial charge in [0, 0.05) is 13.1 Å². The van der Waals surface area contributed by atoms with Gasteiger partial charge in [-0.2, -0.15) is 0 Å². The molecule has 5 heteroatoms. The Kier molecular flexibility index (Phi) is 5.86. The molecule has 0 spiro atoms. The zero-order valence-electron chi connectivity index (χ0n) is 15.0. The summed E-state index contributed by atoms with van der Waals surface area (Å²) in [4.78, 5) is 26.0. The van der Waals surface area contributed by atoms with E-state index in [0.717, 1.165) is 18.4 Å². The van der Waals surface area contributed by atoms with Gasteiger partial charge in [-0.15, -0.1) is 0 Å². The SMILES string of the molecule is CN(C(=O)OC(C)(C)C)C1CCC(C(=O)OCc2ccccc2)C1. The number of rotatable bonds is 4. The smallest absolute Gasteiger partial charge is 0.410 e. The molecule has 0 heterocycles. The third kappa shape index (κ3) is 5.25. The number of carbonyl (C=O) groups is 2. The summed E-state index contributed by atoms with van der Waals surface area (Å²) in [5.74, 6) is -0.331. The Bertz CT molecular complexity index is 564. The maximum atomic E-state index is 12.2. The van der Waals surface area contributed by atoms with E-state index in [0.29, 0.717) is 13.0 Å². The van der Waals surface area contributed by atoms with Crippen LogP contribution >= 0.6 is 0 Å². The second-order valence-corrected chi connectivity index (χ2v) is 7.35. The van der Waals surface area contributed by atoms with Crippen molar-refractivity contribution in [2.45, 2.75) is 58.3 Å². The first-order chi connectivity index (χ1) is 11.3. The lowest BCUT2D eigenvalue weighted by atomic mass is 10.1. The Morgan fingerprint density at radius 3 is 2.46 bits per heavy atom.